The van der Waals surface area contributed by atoms with Crippen molar-refractivity contribution in [2.24, 2.45) is 0 Å². The van der Waals surface area contributed by atoms with E-state index < -0.39 is 0 Å². The molecule has 0 spiro atoms. The Kier molecular flexibility index (Phi) is 6.08. The minimum atomic E-state index is 0.937. The highest BCUT2D eigenvalue weighted by Gasteiger charge is 2.15. The number of benzene rings is 4. The molecule has 0 aliphatic rings. The van der Waals surface area contributed by atoms with E-state index >= 15 is 0 Å². The lowest BCUT2D eigenvalue weighted by molar-refractivity contribution is 1.17. The summed E-state index contributed by atoms with van der Waals surface area (Å²) in [6, 6.07) is 47.1. The minimum Gasteiger partial charge on any atom is -0.308 e. The average molecular weight is 629 g/mol. The Morgan fingerprint density at radius 2 is 0.959 bits per heavy atom. The van der Waals surface area contributed by atoms with Crippen molar-refractivity contribution in [1.29, 1.82) is 0 Å². The molecule has 0 aliphatic carbocycles. The molecule has 6 nitrogen and oxygen atoms in total. The Balaban J connectivity index is 1.11. The minimum absolute atomic E-state index is 0.937. The van der Waals surface area contributed by atoms with Gasteiger partial charge in [0, 0.05) is 58.6 Å². The van der Waals surface area contributed by atoms with Crippen LogP contribution in [0.4, 0.5) is 0 Å². The number of rotatable bonds is 5. The van der Waals surface area contributed by atoms with Gasteiger partial charge in [0.05, 0.1) is 28.6 Å². The van der Waals surface area contributed by atoms with E-state index in [9.17, 15) is 0 Å². The molecule has 6 heterocycles. The summed E-state index contributed by atoms with van der Waals surface area (Å²) in [6.45, 7) is 0. The van der Waals surface area contributed by atoms with Gasteiger partial charge in [0.25, 0.3) is 0 Å². The molecule has 0 radical (unpaired) electrons. The Labute approximate surface area is 281 Å². The molecule has 10 aromatic rings. The molecule has 0 saturated carbocycles. The first-order valence-corrected chi connectivity index (χ1v) is 16.3. The Bertz CT molecular complexity index is 2560. The summed E-state index contributed by atoms with van der Waals surface area (Å²) < 4.78 is 6.44. The molecule has 6 aromatic heterocycles. The first kappa shape index (κ1) is 27.3. The van der Waals surface area contributed by atoms with Gasteiger partial charge in [-0.3, -0.25) is 4.98 Å². The standard InChI is InChI=1S/C43H28N6/c1-2-8-40-36(7-1)37-19-20-44-26-41(37)49(40)35-24-33(29-11-15-31(16-12-29)38-27-47-21-5-3-9-42(47)45-38)23-34(25-35)30-13-17-32(18-14-30)39-28-48-22-6-4-10-43(48)46-39/h1-28H. The third-order valence-electron chi connectivity index (χ3n) is 9.41. The molecule has 49 heavy (non-hydrogen) atoms. The number of para-hydroxylation sites is 1. The summed E-state index contributed by atoms with van der Waals surface area (Å²) in [5.41, 5.74) is 13.8. The van der Waals surface area contributed by atoms with Gasteiger partial charge in [-0.1, -0.05) is 78.9 Å². The second-order valence-corrected chi connectivity index (χ2v) is 12.4. The molecule has 0 aliphatic heterocycles. The lowest BCUT2D eigenvalue weighted by atomic mass is 9.96. The van der Waals surface area contributed by atoms with Crippen molar-refractivity contribution in [3.05, 3.63) is 171 Å². The zero-order valence-electron chi connectivity index (χ0n) is 26.3. The lowest BCUT2D eigenvalue weighted by Gasteiger charge is -2.14. The van der Waals surface area contributed by atoms with Crippen LogP contribution in [-0.4, -0.2) is 28.3 Å². The van der Waals surface area contributed by atoms with E-state index in [2.05, 4.69) is 128 Å². The van der Waals surface area contributed by atoms with Gasteiger partial charge >= 0.3 is 0 Å². The van der Waals surface area contributed by atoms with Gasteiger partial charge in [-0.15, -0.1) is 0 Å². The van der Waals surface area contributed by atoms with E-state index in [0.717, 1.165) is 72.8 Å². The van der Waals surface area contributed by atoms with Crippen molar-refractivity contribution >= 4 is 33.1 Å². The highest BCUT2D eigenvalue weighted by molar-refractivity contribution is 6.09. The van der Waals surface area contributed by atoms with Crippen molar-refractivity contribution in [3.8, 4) is 50.5 Å². The summed E-state index contributed by atoms with van der Waals surface area (Å²) in [5, 5.41) is 2.40. The highest BCUT2D eigenvalue weighted by Crippen LogP contribution is 2.36. The number of hydrogen-bond donors (Lipinski definition) is 0. The normalized spacial score (nSPS) is 11.7. The van der Waals surface area contributed by atoms with Gasteiger partial charge in [-0.05, 0) is 76.9 Å². The molecule has 230 valence electrons. The van der Waals surface area contributed by atoms with Crippen LogP contribution in [0.15, 0.2) is 171 Å². The predicted molar refractivity (Wildman–Crippen MR) is 198 cm³/mol. The van der Waals surface area contributed by atoms with Crippen LogP contribution in [0.1, 0.15) is 0 Å². The molecular formula is C43H28N6. The third kappa shape index (κ3) is 4.61. The van der Waals surface area contributed by atoms with Crippen molar-refractivity contribution in [1.82, 2.24) is 28.3 Å². The number of imidazole rings is 2. The Hall–Kier alpha value is -6.79. The van der Waals surface area contributed by atoms with Gasteiger partial charge < -0.3 is 13.4 Å². The van der Waals surface area contributed by atoms with Crippen LogP contribution >= 0.6 is 0 Å². The molecular weight excluding hydrogens is 601 g/mol. The van der Waals surface area contributed by atoms with Gasteiger partial charge in [-0.2, -0.15) is 0 Å². The smallest absolute Gasteiger partial charge is 0.137 e. The molecule has 0 unspecified atom stereocenters. The lowest BCUT2D eigenvalue weighted by Crippen LogP contribution is -1.96. The van der Waals surface area contributed by atoms with Crippen LogP contribution in [0, 0.1) is 0 Å². The topological polar surface area (TPSA) is 52.4 Å². The number of hydrogen-bond acceptors (Lipinski definition) is 3. The van der Waals surface area contributed by atoms with Crippen LogP contribution in [0.2, 0.25) is 0 Å². The molecule has 0 bridgehead atoms. The summed E-state index contributed by atoms with van der Waals surface area (Å²) in [5.74, 6) is 0. The molecule has 4 aromatic carbocycles. The van der Waals surface area contributed by atoms with Crippen LogP contribution in [0.5, 0.6) is 0 Å². The van der Waals surface area contributed by atoms with Crippen LogP contribution < -0.4 is 0 Å². The number of aromatic nitrogens is 6. The monoisotopic (exact) mass is 628 g/mol. The fraction of sp³-hybridized carbons (Fsp3) is 0. The molecule has 6 heteroatoms. The highest BCUT2D eigenvalue weighted by atomic mass is 15.0. The zero-order valence-corrected chi connectivity index (χ0v) is 26.3. The van der Waals surface area contributed by atoms with Gasteiger partial charge in [0.1, 0.15) is 11.3 Å². The van der Waals surface area contributed by atoms with E-state index in [1.807, 2.05) is 61.2 Å². The third-order valence-corrected chi connectivity index (χ3v) is 9.41. The maximum absolute atomic E-state index is 4.83. The maximum atomic E-state index is 4.83. The largest absolute Gasteiger partial charge is 0.308 e. The van der Waals surface area contributed by atoms with Crippen LogP contribution in [0.25, 0.3) is 83.6 Å². The summed E-state index contributed by atoms with van der Waals surface area (Å²) in [7, 11) is 0. The Morgan fingerprint density at radius 1 is 0.429 bits per heavy atom. The van der Waals surface area contributed by atoms with Crippen LogP contribution in [-0.2, 0) is 0 Å². The molecule has 0 amide bonds. The van der Waals surface area contributed by atoms with Crippen molar-refractivity contribution in [2.75, 3.05) is 0 Å². The number of pyridine rings is 3. The first-order chi connectivity index (χ1) is 24.2. The van der Waals surface area contributed by atoms with Gasteiger partial charge in [0.2, 0.25) is 0 Å². The maximum Gasteiger partial charge on any atom is 0.137 e. The SMILES string of the molecule is c1ccc2c(c1)c1ccncc1n2-c1cc(-c2ccc(-c3cn4ccccc4n3)cc2)cc(-c2ccc(-c3cn4ccccc4n3)cc2)c1. The van der Waals surface area contributed by atoms with Gasteiger partial charge in [0.15, 0.2) is 0 Å². The fourth-order valence-corrected chi connectivity index (χ4v) is 6.98. The fourth-order valence-electron chi connectivity index (χ4n) is 6.98. The summed E-state index contributed by atoms with van der Waals surface area (Å²) in [4.78, 5) is 14.2. The quantitative estimate of drug-likeness (QED) is 0.191. The Morgan fingerprint density at radius 3 is 1.55 bits per heavy atom. The molecule has 0 fully saturated rings. The number of fused-ring (bicyclic) bond motifs is 5. The van der Waals surface area contributed by atoms with Crippen molar-refractivity contribution in [2.45, 2.75) is 0 Å². The van der Waals surface area contributed by atoms with Crippen molar-refractivity contribution in [3.63, 3.8) is 0 Å². The second-order valence-electron chi connectivity index (χ2n) is 12.4. The van der Waals surface area contributed by atoms with E-state index in [0.29, 0.717) is 0 Å². The van der Waals surface area contributed by atoms with E-state index in [4.69, 9.17) is 9.97 Å². The summed E-state index contributed by atoms with van der Waals surface area (Å²) >= 11 is 0. The summed E-state index contributed by atoms with van der Waals surface area (Å²) in [6.07, 6.45) is 12.1. The average Bonchev–Trinajstić information content (AvgIpc) is 3.89. The second kappa shape index (κ2) is 10.9. The van der Waals surface area contributed by atoms with Crippen LogP contribution in [0.3, 0.4) is 0 Å². The molecule has 0 saturated heterocycles. The van der Waals surface area contributed by atoms with Crippen molar-refractivity contribution < 1.29 is 0 Å². The van der Waals surface area contributed by atoms with Gasteiger partial charge in [-0.25, -0.2) is 9.97 Å². The molecule has 10 rings (SSSR count). The van der Waals surface area contributed by atoms with E-state index in [1.54, 1.807) is 0 Å². The molecule has 0 atom stereocenters. The first-order valence-electron chi connectivity index (χ1n) is 16.3. The van der Waals surface area contributed by atoms with E-state index in [-0.39, 0.29) is 0 Å². The zero-order chi connectivity index (χ0) is 32.3. The molecule has 0 N–H and O–H groups in total. The number of nitrogens with zero attached hydrogens (tertiary/aromatic N) is 6. The van der Waals surface area contributed by atoms with E-state index in [1.165, 1.54) is 10.8 Å². The predicted octanol–water partition coefficient (Wildman–Crippen LogP) is 10.1.